The van der Waals surface area contributed by atoms with Gasteiger partial charge < -0.3 is 10.1 Å². The summed E-state index contributed by atoms with van der Waals surface area (Å²) in [6.45, 7) is 3.10. The lowest BCUT2D eigenvalue weighted by molar-refractivity contribution is -0.118. The average Bonchev–Trinajstić information content (AvgIpc) is 2.80. The Bertz CT molecular complexity index is 1250. The van der Waals surface area contributed by atoms with Gasteiger partial charge in [0.1, 0.15) is 10.6 Å². The predicted molar refractivity (Wildman–Crippen MR) is 129 cm³/mol. The molecule has 0 heterocycles. The van der Waals surface area contributed by atoms with Crippen molar-refractivity contribution in [3.8, 4) is 5.75 Å². The van der Waals surface area contributed by atoms with Crippen molar-refractivity contribution in [2.75, 3.05) is 22.8 Å². The Balaban J connectivity index is 1.74. The molecule has 33 heavy (non-hydrogen) atoms. The number of carbonyl (C=O) groups excluding carboxylic acids is 2. The van der Waals surface area contributed by atoms with Gasteiger partial charge >= 0.3 is 0 Å². The van der Waals surface area contributed by atoms with Crippen molar-refractivity contribution >= 4 is 44.7 Å². The number of ketones is 1. The predicted octanol–water partition coefficient (Wildman–Crippen LogP) is 4.78. The second-order valence-corrected chi connectivity index (χ2v) is 9.31. The number of anilines is 2. The molecule has 0 aliphatic heterocycles. The smallest absolute Gasteiger partial charge is 0.265 e. The van der Waals surface area contributed by atoms with Gasteiger partial charge in [0.15, 0.2) is 12.4 Å². The first-order valence-electron chi connectivity index (χ1n) is 10.1. The van der Waals surface area contributed by atoms with E-state index < -0.39 is 15.9 Å². The Hall–Kier alpha value is -3.36. The zero-order valence-corrected chi connectivity index (χ0v) is 19.7. The molecular weight excluding hydrogens is 464 g/mol. The molecule has 0 saturated heterocycles. The van der Waals surface area contributed by atoms with E-state index in [4.69, 9.17) is 16.3 Å². The number of amides is 1. The number of ether oxygens (including phenoxy) is 1. The number of rotatable bonds is 9. The molecule has 1 N–H and O–H groups in total. The van der Waals surface area contributed by atoms with Gasteiger partial charge in [0.2, 0.25) is 0 Å². The van der Waals surface area contributed by atoms with Crippen LogP contribution in [0.15, 0.2) is 77.7 Å². The third kappa shape index (κ3) is 5.91. The number of nitrogens with one attached hydrogen (secondary N) is 1. The van der Waals surface area contributed by atoms with Crippen molar-refractivity contribution < 1.29 is 22.7 Å². The van der Waals surface area contributed by atoms with Crippen LogP contribution >= 0.6 is 11.6 Å². The van der Waals surface area contributed by atoms with E-state index in [0.717, 1.165) is 0 Å². The summed E-state index contributed by atoms with van der Waals surface area (Å²) in [6.07, 6.45) is 0. The largest absolute Gasteiger partial charge is 0.484 e. The van der Waals surface area contributed by atoms with Crippen molar-refractivity contribution in [3.05, 3.63) is 83.4 Å². The molecule has 7 nitrogen and oxygen atoms in total. The van der Waals surface area contributed by atoms with E-state index in [1.807, 2.05) is 0 Å². The third-order valence-corrected chi connectivity index (χ3v) is 7.13. The van der Waals surface area contributed by atoms with E-state index >= 15 is 0 Å². The number of carbonyl (C=O) groups is 2. The molecule has 3 rings (SSSR count). The summed E-state index contributed by atoms with van der Waals surface area (Å²) in [7, 11) is -3.97. The summed E-state index contributed by atoms with van der Waals surface area (Å²) in [5, 5.41) is 2.66. The Morgan fingerprint density at radius 1 is 1.00 bits per heavy atom. The van der Waals surface area contributed by atoms with E-state index in [0.29, 0.717) is 17.0 Å². The fraction of sp³-hybridized carbons (Fsp3) is 0.167. The van der Waals surface area contributed by atoms with E-state index in [2.05, 4.69) is 5.32 Å². The van der Waals surface area contributed by atoms with Crippen LogP contribution in [0.1, 0.15) is 24.2 Å². The molecule has 0 aromatic heterocycles. The molecule has 3 aromatic carbocycles. The molecule has 0 aliphatic carbocycles. The molecule has 0 saturated carbocycles. The summed E-state index contributed by atoms with van der Waals surface area (Å²) in [5.74, 6) is -0.121. The maximum absolute atomic E-state index is 13.3. The van der Waals surface area contributed by atoms with Crippen LogP contribution in [0.3, 0.4) is 0 Å². The number of benzene rings is 3. The van der Waals surface area contributed by atoms with Gasteiger partial charge in [0.05, 0.1) is 10.7 Å². The van der Waals surface area contributed by atoms with Crippen LogP contribution in [0, 0.1) is 0 Å². The summed E-state index contributed by atoms with van der Waals surface area (Å²) < 4.78 is 33.3. The van der Waals surface area contributed by atoms with Crippen molar-refractivity contribution in [2.24, 2.45) is 0 Å². The molecule has 0 unspecified atom stereocenters. The number of nitrogens with zero attached hydrogens (tertiary/aromatic N) is 1. The van der Waals surface area contributed by atoms with Crippen molar-refractivity contribution in [3.63, 3.8) is 0 Å². The molecule has 0 fully saturated rings. The number of halogens is 1. The Morgan fingerprint density at radius 3 is 2.27 bits per heavy atom. The lowest BCUT2D eigenvalue weighted by Gasteiger charge is -2.23. The highest BCUT2D eigenvalue weighted by Crippen LogP contribution is 2.30. The topological polar surface area (TPSA) is 92.8 Å². The number of para-hydroxylation sites is 1. The molecule has 0 aliphatic rings. The highest BCUT2D eigenvalue weighted by atomic mass is 35.5. The number of hydrogen-bond donors (Lipinski definition) is 1. The lowest BCUT2D eigenvalue weighted by atomic mass is 10.1. The maximum atomic E-state index is 13.3. The maximum Gasteiger partial charge on any atom is 0.265 e. The van der Waals surface area contributed by atoms with Crippen molar-refractivity contribution in [1.29, 1.82) is 0 Å². The van der Waals surface area contributed by atoms with Crippen LogP contribution in [0.4, 0.5) is 11.4 Å². The number of Topliss-reactive ketones (excluding diaryl/α,β-unsaturated/α-hetero) is 1. The van der Waals surface area contributed by atoms with Gasteiger partial charge in [-0.25, -0.2) is 8.42 Å². The molecule has 3 aromatic rings. The average molecular weight is 487 g/mol. The number of sulfonamides is 1. The Kier molecular flexibility index (Phi) is 7.73. The zero-order valence-electron chi connectivity index (χ0n) is 18.1. The fourth-order valence-corrected chi connectivity index (χ4v) is 5.09. The first-order chi connectivity index (χ1) is 15.7. The van der Waals surface area contributed by atoms with E-state index in [1.165, 1.54) is 29.4 Å². The van der Waals surface area contributed by atoms with E-state index in [1.54, 1.807) is 61.5 Å². The second-order valence-electron chi connectivity index (χ2n) is 7.07. The summed E-state index contributed by atoms with van der Waals surface area (Å²) in [4.78, 5) is 23.5. The minimum Gasteiger partial charge on any atom is -0.484 e. The standard InChI is InChI=1S/C24H23ClN2O5S/c1-3-27(20-7-5-4-6-8-20)33(30,31)23-15-19(11-14-22(23)25)26-24(29)16-32-21-12-9-18(10-13-21)17(2)28/h4-15H,3,16H2,1-2H3,(H,26,29). The lowest BCUT2D eigenvalue weighted by Crippen LogP contribution is -2.31. The Morgan fingerprint density at radius 2 is 1.67 bits per heavy atom. The quantitative estimate of drug-likeness (QED) is 0.439. The van der Waals surface area contributed by atoms with Crippen LogP contribution < -0.4 is 14.4 Å². The van der Waals surface area contributed by atoms with Gasteiger partial charge in [0.25, 0.3) is 15.9 Å². The molecule has 1 amide bonds. The molecule has 0 spiro atoms. The first-order valence-corrected chi connectivity index (χ1v) is 11.9. The second kappa shape index (κ2) is 10.5. The SMILES string of the molecule is CCN(c1ccccc1)S(=O)(=O)c1cc(NC(=O)COc2ccc(C(C)=O)cc2)ccc1Cl. The van der Waals surface area contributed by atoms with Gasteiger partial charge in [-0.3, -0.25) is 13.9 Å². The Labute approximate surface area is 198 Å². The minimum absolute atomic E-state index is 0.0455. The fourth-order valence-electron chi connectivity index (χ4n) is 3.11. The van der Waals surface area contributed by atoms with E-state index in [9.17, 15) is 18.0 Å². The summed E-state index contributed by atoms with van der Waals surface area (Å²) in [6, 6.07) is 19.4. The first kappa shape index (κ1) is 24.3. The van der Waals surface area contributed by atoms with Gasteiger partial charge in [-0.15, -0.1) is 0 Å². The van der Waals surface area contributed by atoms with Crippen LogP contribution in [0.25, 0.3) is 0 Å². The molecule has 9 heteroatoms. The molecule has 172 valence electrons. The summed E-state index contributed by atoms with van der Waals surface area (Å²) in [5.41, 5.74) is 1.32. The summed E-state index contributed by atoms with van der Waals surface area (Å²) >= 11 is 6.21. The van der Waals surface area contributed by atoms with Gasteiger partial charge in [-0.05, 0) is 68.4 Å². The number of hydrogen-bond acceptors (Lipinski definition) is 5. The highest BCUT2D eigenvalue weighted by Gasteiger charge is 2.26. The van der Waals surface area contributed by atoms with Crippen LogP contribution in [0.2, 0.25) is 5.02 Å². The van der Waals surface area contributed by atoms with Crippen molar-refractivity contribution in [1.82, 2.24) is 0 Å². The molecule has 0 atom stereocenters. The zero-order chi connectivity index (χ0) is 24.0. The van der Waals surface area contributed by atoms with Gasteiger partial charge in [-0.2, -0.15) is 0 Å². The highest BCUT2D eigenvalue weighted by molar-refractivity contribution is 7.93. The minimum atomic E-state index is -3.97. The van der Waals surface area contributed by atoms with Crippen LogP contribution in [-0.2, 0) is 14.8 Å². The van der Waals surface area contributed by atoms with Gasteiger partial charge in [0, 0.05) is 17.8 Å². The van der Waals surface area contributed by atoms with Crippen molar-refractivity contribution in [2.45, 2.75) is 18.7 Å². The normalized spacial score (nSPS) is 11.0. The molecular formula is C24H23ClN2O5S. The monoisotopic (exact) mass is 486 g/mol. The molecule has 0 radical (unpaired) electrons. The van der Waals surface area contributed by atoms with Gasteiger partial charge in [-0.1, -0.05) is 29.8 Å². The van der Waals surface area contributed by atoms with Crippen LogP contribution in [0.5, 0.6) is 5.75 Å². The third-order valence-electron chi connectivity index (χ3n) is 4.75. The van der Waals surface area contributed by atoms with E-state index in [-0.39, 0.29) is 34.5 Å². The van der Waals surface area contributed by atoms with Crippen LogP contribution in [-0.4, -0.2) is 33.3 Å². The molecule has 0 bridgehead atoms.